The highest BCUT2D eigenvalue weighted by Gasteiger charge is 2.26. The number of benzene rings is 1. The minimum atomic E-state index is -0.397. The summed E-state index contributed by atoms with van der Waals surface area (Å²) in [5.74, 6) is -0.224. The van der Waals surface area contributed by atoms with Crippen LogP contribution >= 0.6 is 15.9 Å². The van der Waals surface area contributed by atoms with Crippen LogP contribution in [-0.2, 0) is 9.59 Å². The number of rotatable bonds is 2. The van der Waals surface area contributed by atoms with Crippen molar-refractivity contribution in [2.75, 3.05) is 5.32 Å². The first-order valence-electron chi connectivity index (χ1n) is 5.01. The van der Waals surface area contributed by atoms with E-state index in [4.69, 9.17) is 0 Å². The Morgan fingerprint density at radius 2 is 2.31 bits per heavy atom. The molecule has 1 heterocycles. The molecule has 0 aromatic heterocycles. The van der Waals surface area contributed by atoms with Crippen molar-refractivity contribution < 1.29 is 9.59 Å². The molecular formula is C11H11BrN2O2. The molecule has 2 N–H and O–H groups in total. The molecule has 2 amide bonds. The Kier molecular flexibility index (Phi) is 3.24. The van der Waals surface area contributed by atoms with E-state index in [1.807, 2.05) is 18.2 Å². The lowest BCUT2D eigenvalue weighted by atomic mass is 10.2. The van der Waals surface area contributed by atoms with Crippen molar-refractivity contribution in [1.82, 2.24) is 5.32 Å². The van der Waals surface area contributed by atoms with Crippen molar-refractivity contribution in [2.45, 2.75) is 18.9 Å². The summed E-state index contributed by atoms with van der Waals surface area (Å²) in [4.78, 5) is 22.7. The summed E-state index contributed by atoms with van der Waals surface area (Å²) in [7, 11) is 0. The molecule has 4 nitrogen and oxygen atoms in total. The predicted octanol–water partition coefficient (Wildman–Crippen LogP) is 1.67. The van der Waals surface area contributed by atoms with E-state index >= 15 is 0 Å². The molecule has 0 spiro atoms. The number of carbonyl (C=O) groups is 2. The minimum absolute atomic E-state index is 0.0607. The molecule has 16 heavy (non-hydrogen) atoms. The topological polar surface area (TPSA) is 58.2 Å². The summed E-state index contributed by atoms with van der Waals surface area (Å²) in [5.41, 5.74) is 0.723. The van der Waals surface area contributed by atoms with Crippen molar-refractivity contribution in [3.8, 4) is 0 Å². The lowest BCUT2D eigenvalue weighted by Gasteiger charge is -2.10. The summed E-state index contributed by atoms with van der Waals surface area (Å²) >= 11 is 3.32. The van der Waals surface area contributed by atoms with Crippen LogP contribution < -0.4 is 10.6 Å². The van der Waals surface area contributed by atoms with Crippen molar-refractivity contribution in [3.63, 3.8) is 0 Å². The Bertz CT molecular complexity index is 434. The SMILES string of the molecule is O=C1CCC(C(=O)Nc2cccc(Br)c2)N1. The molecule has 1 saturated heterocycles. The molecule has 2 rings (SSSR count). The molecule has 0 saturated carbocycles. The van der Waals surface area contributed by atoms with E-state index < -0.39 is 6.04 Å². The van der Waals surface area contributed by atoms with Gasteiger partial charge in [0.25, 0.3) is 0 Å². The third kappa shape index (κ3) is 2.61. The van der Waals surface area contributed by atoms with E-state index in [9.17, 15) is 9.59 Å². The Morgan fingerprint density at radius 3 is 2.94 bits per heavy atom. The molecule has 1 atom stereocenters. The van der Waals surface area contributed by atoms with Crippen LogP contribution in [0.2, 0.25) is 0 Å². The molecule has 0 radical (unpaired) electrons. The first kappa shape index (κ1) is 11.1. The van der Waals surface area contributed by atoms with E-state index in [1.54, 1.807) is 6.07 Å². The van der Waals surface area contributed by atoms with E-state index in [1.165, 1.54) is 0 Å². The number of hydrogen-bond acceptors (Lipinski definition) is 2. The van der Waals surface area contributed by atoms with Crippen molar-refractivity contribution in [1.29, 1.82) is 0 Å². The normalized spacial score (nSPS) is 19.3. The number of amides is 2. The lowest BCUT2D eigenvalue weighted by Crippen LogP contribution is -2.37. The minimum Gasteiger partial charge on any atom is -0.344 e. The van der Waals surface area contributed by atoms with Crippen molar-refractivity contribution in [3.05, 3.63) is 28.7 Å². The molecular weight excluding hydrogens is 272 g/mol. The monoisotopic (exact) mass is 282 g/mol. The fraction of sp³-hybridized carbons (Fsp3) is 0.273. The van der Waals surface area contributed by atoms with Crippen LogP contribution in [0.25, 0.3) is 0 Å². The van der Waals surface area contributed by atoms with Gasteiger partial charge in [0.1, 0.15) is 6.04 Å². The third-order valence-electron chi connectivity index (χ3n) is 2.40. The van der Waals surface area contributed by atoms with Gasteiger partial charge in [-0.1, -0.05) is 22.0 Å². The summed E-state index contributed by atoms with van der Waals surface area (Å²) in [6, 6.07) is 6.94. The molecule has 1 aromatic rings. The van der Waals surface area contributed by atoms with Crippen LogP contribution in [0.1, 0.15) is 12.8 Å². The second-order valence-corrected chi connectivity index (χ2v) is 4.57. The number of carbonyl (C=O) groups excluding carboxylic acids is 2. The Labute approximate surface area is 102 Å². The van der Waals surface area contributed by atoms with Crippen LogP contribution in [0, 0.1) is 0 Å². The van der Waals surface area contributed by atoms with E-state index in [0.29, 0.717) is 12.8 Å². The van der Waals surface area contributed by atoms with E-state index in [0.717, 1.165) is 10.2 Å². The highest BCUT2D eigenvalue weighted by atomic mass is 79.9. The van der Waals surface area contributed by atoms with Gasteiger partial charge in [0.05, 0.1) is 0 Å². The summed E-state index contributed by atoms with van der Waals surface area (Å²) < 4.78 is 0.903. The van der Waals surface area contributed by atoms with Gasteiger partial charge in [-0.2, -0.15) is 0 Å². The summed E-state index contributed by atoms with van der Waals surface area (Å²) in [6.07, 6.45) is 0.995. The van der Waals surface area contributed by atoms with Crippen molar-refractivity contribution >= 4 is 33.4 Å². The largest absolute Gasteiger partial charge is 0.344 e. The lowest BCUT2D eigenvalue weighted by molar-refractivity contribution is -0.122. The average molecular weight is 283 g/mol. The van der Waals surface area contributed by atoms with Gasteiger partial charge in [-0.25, -0.2) is 0 Å². The Morgan fingerprint density at radius 1 is 1.50 bits per heavy atom. The zero-order chi connectivity index (χ0) is 11.5. The number of nitrogens with one attached hydrogen (secondary N) is 2. The van der Waals surface area contributed by atoms with Crippen LogP contribution in [-0.4, -0.2) is 17.9 Å². The van der Waals surface area contributed by atoms with Gasteiger partial charge in [-0.15, -0.1) is 0 Å². The second kappa shape index (κ2) is 4.65. The van der Waals surface area contributed by atoms with Gasteiger partial charge < -0.3 is 10.6 Å². The molecule has 0 aliphatic carbocycles. The maximum absolute atomic E-state index is 11.7. The molecule has 1 aliphatic rings. The quantitative estimate of drug-likeness (QED) is 0.867. The van der Waals surface area contributed by atoms with Crippen molar-refractivity contribution in [2.24, 2.45) is 0 Å². The molecule has 84 valence electrons. The molecule has 1 aromatic carbocycles. The van der Waals surface area contributed by atoms with Gasteiger partial charge >= 0.3 is 0 Å². The fourth-order valence-corrected chi connectivity index (χ4v) is 2.01. The highest BCUT2D eigenvalue weighted by molar-refractivity contribution is 9.10. The third-order valence-corrected chi connectivity index (χ3v) is 2.90. The standard InChI is InChI=1S/C11H11BrN2O2/c12-7-2-1-3-8(6-7)13-11(16)9-4-5-10(15)14-9/h1-3,6,9H,4-5H2,(H,13,16)(H,14,15). The van der Waals surface area contributed by atoms with E-state index in [2.05, 4.69) is 26.6 Å². The number of anilines is 1. The Hall–Kier alpha value is -1.36. The summed E-state index contributed by atoms with van der Waals surface area (Å²) in [6.45, 7) is 0. The zero-order valence-electron chi connectivity index (χ0n) is 8.50. The molecule has 5 heteroatoms. The second-order valence-electron chi connectivity index (χ2n) is 3.66. The van der Waals surface area contributed by atoms with Crippen LogP contribution in [0.3, 0.4) is 0 Å². The zero-order valence-corrected chi connectivity index (χ0v) is 10.1. The van der Waals surface area contributed by atoms with E-state index in [-0.39, 0.29) is 11.8 Å². The highest BCUT2D eigenvalue weighted by Crippen LogP contribution is 2.16. The fourth-order valence-electron chi connectivity index (χ4n) is 1.61. The number of hydrogen-bond donors (Lipinski definition) is 2. The molecule has 1 fully saturated rings. The maximum Gasteiger partial charge on any atom is 0.246 e. The molecule has 1 unspecified atom stereocenters. The predicted molar refractivity (Wildman–Crippen MR) is 63.9 cm³/mol. The molecule has 1 aliphatic heterocycles. The van der Waals surface area contributed by atoms with Gasteiger partial charge in [-0.05, 0) is 24.6 Å². The first-order valence-corrected chi connectivity index (χ1v) is 5.80. The summed E-state index contributed by atoms with van der Waals surface area (Å²) in [5, 5.41) is 5.39. The smallest absolute Gasteiger partial charge is 0.246 e. The average Bonchev–Trinajstić information content (AvgIpc) is 2.65. The van der Waals surface area contributed by atoms with Gasteiger partial charge in [0, 0.05) is 16.6 Å². The van der Waals surface area contributed by atoms with Gasteiger partial charge in [0.15, 0.2) is 0 Å². The number of halogens is 1. The van der Waals surface area contributed by atoms with Crippen LogP contribution in [0.4, 0.5) is 5.69 Å². The van der Waals surface area contributed by atoms with Gasteiger partial charge in [-0.3, -0.25) is 9.59 Å². The van der Waals surface area contributed by atoms with Crippen LogP contribution in [0.15, 0.2) is 28.7 Å². The molecule has 0 bridgehead atoms. The Balaban J connectivity index is 1.99. The maximum atomic E-state index is 11.7. The van der Waals surface area contributed by atoms with Crippen LogP contribution in [0.5, 0.6) is 0 Å². The first-order chi connectivity index (χ1) is 7.65. The van der Waals surface area contributed by atoms with Gasteiger partial charge in [0.2, 0.25) is 11.8 Å².